The summed E-state index contributed by atoms with van der Waals surface area (Å²) in [4.78, 5) is 17.4. The van der Waals surface area contributed by atoms with E-state index in [0.29, 0.717) is 6.04 Å². The number of benzene rings is 2. The fraction of sp³-hybridized carbons (Fsp3) is 0.310. The van der Waals surface area contributed by atoms with Gasteiger partial charge >= 0.3 is 0 Å². The summed E-state index contributed by atoms with van der Waals surface area (Å²) in [6.07, 6.45) is 10.2. The summed E-state index contributed by atoms with van der Waals surface area (Å²) < 4.78 is 1.94. The molecule has 2 aromatic heterocycles. The molecule has 36 heavy (non-hydrogen) atoms. The highest BCUT2D eigenvalue weighted by Crippen LogP contribution is 2.38. The second-order valence-corrected chi connectivity index (χ2v) is 9.78. The summed E-state index contributed by atoms with van der Waals surface area (Å²) in [5.41, 5.74) is 11.5. The average Bonchev–Trinajstić information content (AvgIpc) is 3.57. The van der Waals surface area contributed by atoms with E-state index in [-0.39, 0.29) is 0 Å². The van der Waals surface area contributed by atoms with Gasteiger partial charge in [0.25, 0.3) is 5.91 Å². The SMILES string of the molecule is Cc1ccc2c(CCN(Cc3cnn(C)c3C)C3CCc4cc(C=CC(=O)NO)ccc43)c[nH]c2c1. The lowest BCUT2D eigenvalue weighted by Crippen LogP contribution is -2.29. The Kier molecular flexibility index (Phi) is 6.76. The summed E-state index contributed by atoms with van der Waals surface area (Å²) in [5, 5.41) is 14.5. The average molecular weight is 484 g/mol. The Morgan fingerprint density at radius 2 is 2.11 bits per heavy atom. The minimum absolute atomic E-state index is 0.325. The zero-order valence-electron chi connectivity index (χ0n) is 21.1. The van der Waals surface area contributed by atoms with Crippen LogP contribution in [0.4, 0.5) is 0 Å². The minimum Gasteiger partial charge on any atom is -0.361 e. The van der Waals surface area contributed by atoms with Crippen LogP contribution in [0.3, 0.4) is 0 Å². The molecule has 1 unspecified atom stereocenters. The molecule has 1 aliphatic rings. The number of H-pyrrole nitrogens is 1. The molecule has 3 N–H and O–H groups in total. The van der Waals surface area contributed by atoms with Crippen molar-refractivity contribution in [3.63, 3.8) is 0 Å². The number of hydroxylamine groups is 1. The lowest BCUT2D eigenvalue weighted by molar-refractivity contribution is -0.124. The fourth-order valence-electron chi connectivity index (χ4n) is 5.34. The summed E-state index contributed by atoms with van der Waals surface area (Å²) in [5.74, 6) is -0.529. The summed E-state index contributed by atoms with van der Waals surface area (Å²) in [6, 6.07) is 13.3. The molecular weight excluding hydrogens is 450 g/mol. The van der Waals surface area contributed by atoms with Gasteiger partial charge < -0.3 is 4.98 Å². The molecule has 0 saturated heterocycles. The van der Waals surface area contributed by atoms with E-state index in [4.69, 9.17) is 5.21 Å². The molecular formula is C29H33N5O2. The smallest absolute Gasteiger partial charge is 0.267 e. The molecule has 1 amide bonds. The van der Waals surface area contributed by atoms with Crippen LogP contribution >= 0.6 is 0 Å². The molecule has 2 heterocycles. The van der Waals surface area contributed by atoms with Crippen molar-refractivity contribution in [1.29, 1.82) is 0 Å². The molecule has 0 spiro atoms. The van der Waals surface area contributed by atoms with Gasteiger partial charge in [0.2, 0.25) is 0 Å². The standard InChI is InChI=1S/C29H33N5O2/c1-19-4-8-25-23(16-30-27(25)14-19)12-13-34(18-24-17-31-33(3)20(24)2)28-10-7-22-15-21(5-9-26(22)28)6-11-29(35)32-36/h4-6,8-9,11,14-17,28,30,36H,7,10,12-13,18H2,1-3H3,(H,32,35). The van der Waals surface area contributed by atoms with E-state index in [1.807, 2.05) is 24.0 Å². The number of hydrogen-bond acceptors (Lipinski definition) is 4. The Labute approximate surface area is 211 Å². The van der Waals surface area contributed by atoms with Crippen molar-refractivity contribution in [3.8, 4) is 0 Å². The van der Waals surface area contributed by atoms with Gasteiger partial charge in [-0.15, -0.1) is 0 Å². The normalized spacial score (nSPS) is 15.3. The van der Waals surface area contributed by atoms with Gasteiger partial charge in [0.15, 0.2) is 0 Å². The summed E-state index contributed by atoms with van der Waals surface area (Å²) in [6.45, 7) is 6.05. The largest absolute Gasteiger partial charge is 0.361 e. The number of aromatic nitrogens is 3. The minimum atomic E-state index is -0.529. The molecule has 2 aromatic carbocycles. The maximum Gasteiger partial charge on any atom is 0.267 e. The van der Waals surface area contributed by atoms with Crippen molar-refractivity contribution >= 4 is 22.9 Å². The first-order valence-corrected chi connectivity index (χ1v) is 12.5. The first kappa shape index (κ1) is 24.0. The topological polar surface area (TPSA) is 86.2 Å². The Hall–Kier alpha value is -3.68. The van der Waals surface area contributed by atoms with Crippen molar-refractivity contribution in [1.82, 2.24) is 25.1 Å². The quantitative estimate of drug-likeness (QED) is 0.191. The van der Waals surface area contributed by atoms with Crippen molar-refractivity contribution < 1.29 is 10.0 Å². The molecule has 0 fully saturated rings. The Morgan fingerprint density at radius 1 is 1.25 bits per heavy atom. The number of carbonyl (C=O) groups is 1. The molecule has 186 valence electrons. The Balaban J connectivity index is 1.41. The van der Waals surface area contributed by atoms with E-state index in [1.54, 1.807) is 11.6 Å². The number of aromatic amines is 1. The van der Waals surface area contributed by atoms with Crippen LogP contribution in [0.25, 0.3) is 17.0 Å². The van der Waals surface area contributed by atoms with Crippen LogP contribution in [-0.2, 0) is 31.2 Å². The van der Waals surface area contributed by atoms with E-state index in [0.717, 1.165) is 37.9 Å². The number of amides is 1. The number of aryl methyl sites for hydroxylation is 3. The maximum atomic E-state index is 11.4. The monoisotopic (exact) mass is 483 g/mol. The maximum absolute atomic E-state index is 11.4. The highest BCUT2D eigenvalue weighted by Gasteiger charge is 2.29. The number of fused-ring (bicyclic) bond motifs is 2. The molecule has 1 atom stereocenters. The third-order valence-electron chi connectivity index (χ3n) is 7.49. The first-order valence-electron chi connectivity index (χ1n) is 12.5. The number of nitrogens with zero attached hydrogens (tertiary/aromatic N) is 3. The second-order valence-electron chi connectivity index (χ2n) is 9.78. The summed E-state index contributed by atoms with van der Waals surface area (Å²) >= 11 is 0. The molecule has 4 aromatic rings. The zero-order chi connectivity index (χ0) is 25.2. The third-order valence-corrected chi connectivity index (χ3v) is 7.49. The van der Waals surface area contributed by atoms with Crippen LogP contribution in [0, 0.1) is 13.8 Å². The molecule has 1 aliphatic carbocycles. The van der Waals surface area contributed by atoms with Crippen LogP contribution in [0.5, 0.6) is 0 Å². The molecule has 0 aliphatic heterocycles. The number of rotatable bonds is 8. The molecule has 0 bridgehead atoms. The number of nitrogens with one attached hydrogen (secondary N) is 2. The van der Waals surface area contributed by atoms with E-state index >= 15 is 0 Å². The fourth-order valence-corrected chi connectivity index (χ4v) is 5.34. The van der Waals surface area contributed by atoms with Gasteiger partial charge in [-0.25, -0.2) is 5.48 Å². The van der Waals surface area contributed by atoms with Crippen LogP contribution in [-0.4, -0.2) is 37.3 Å². The highest BCUT2D eigenvalue weighted by atomic mass is 16.5. The van der Waals surface area contributed by atoms with Gasteiger partial charge in [0, 0.05) is 60.6 Å². The highest BCUT2D eigenvalue weighted by molar-refractivity contribution is 5.90. The van der Waals surface area contributed by atoms with Crippen LogP contribution in [0.2, 0.25) is 0 Å². The van der Waals surface area contributed by atoms with Gasteiger partial charge in [0.05, 0.1) is 6.20 Å². The summed E-state index contributed by atoms with van der Waals surface area (Å²) in [7, 11) is 1.99. The van der Waals surface area contributed by atoms with Crippen molar-refractivity contribution in [2.24, 2.45) is 7.05 Å². The molecule has 0 radical (unpaired) electrons. The molecule has 0 saturated carbocycles. The van der Waals surface area contributed by atoms with E-state index in [1.165, 1.54) is 50.5 Å². The van der Waals surface area contributed by atoms with E-state index < -0.39 is 5.91 Å². The molecule has 7 nitrogen and oxygen atoms in total. The number of hydrogen-bond donors (Lipinski definition) is 3. The first-order chi connectivity index (χ1) is 17.4. The lowest BCUT2D eigenvalue weighted by atomic mass is 10.0. The van der Waals surface area contributed by atoms with Gasteiger partial charge in [-0.1, -0.05) is 30.3 Å². The zero-order valence-corrected chi connectivity index (χ0v) is 21.1. The lowest BCUT2D eigenvalue weighted by Gasteiger charge is -2.30. The van der Waals surface area contributed by atoms with Gasteiger partial charge in [-0.3, -0.25) is 19.6 Å². The molecule has 5 rings (SSSR count). The van der Waals surface area contributed by atoms with Crippen LogP contribution in [0.15, 0.2) is 54.9 Å². The predicted octanol–water partition coefficient (Wildman–Crippen LogP) is 4.77. The van der Waals surface area contributed by atoms with Crippen molar-refractivity contribution in [2.75, 3.05) is 6.54 Å². The van der Waals surface area contributed by atoms with Gasteiger partial charge in [-0.05, 0) is 73.1 Å². The Bertz CT molecular complexity index is 1430. The Morgan fingerprint density at radius 3 is 2.89 bits per heavy atom. The van der Waals surface area contributed by atoms with Crippen molar-refractivity contribution in [3.05, 3.63) is 93.9 Å². The predicted molar refractivity (Wildman–Crippen MR) is 142 cm³/mol. The second kappa shape index (κ2) is 10.1. The third kappa shape index (κ3) is 4.85. The van der Waals surface area contributed by atoms with Crippen LogP contribution < -0.4 is 5.48 Å². The number of carbonyl (C=O) groups excluding carboxylic acids is 1. The van der Waals surface area contributed by atoms with Crippen LogP contribution in [0.1, 0.15) is 51.5 Å². The molecule has 7 heteroatoms. The van der Waals surface area contributed by atoms with Gasteiger partial charge in [0.1, 0.15) is 0 Å². The van der Waals surface area contributed by atoms with Gasteiger partial charge in [-0.2, -0.15) is 5.10 Å². The van der Waals surface area contributed by atoms with E-state index in [2.05, 4.69) is 65.4 Å². The van der Waals surface area contributed by atoms with Crippen molar-refractivity contribution in [2.45, 2.75) is 45.7 Å². The van der Waals surface area contributed by atoms with E-state index in [9.17, 15) is 4.79 Å².